The van der Waals surface area contributed by atoms with Crippen LogP contribution in [0.2, 0.25) is 0 Å². The Kier molecular flexibility index (Phi) is 4.85. The molecule has 2 fully saturated rings. The van der Waals surface area contributed by atoms with Gasteiger partial charge in [0.2, 0.25) is 0 Å². The molecule has 0 spiro atoms. The van der Waals surface area contributed by atoms with Gasteiger partial charge in [-0.2, -0.15) is 11.8 Å². The minimum atomic E-state index is 0.348. The second-order valence-corrected chi connectivity index (χ2v) is 8.50. The number of aromatic nitrogens is 1. The van der Waals surface area contributed by atoms with Gasteiger partial charge in [-0.05, 0) is 61.5 Å². The molecule has 128 valence electrons. The molecule has 2 N–H and O–H groups in total. The summed E-state index contributed by atoms with van der Waals surface area (Å²) in [5.74, 6) is 3.42. The average molecular weight is 362 g/mol. The Morgan fingerprint density at radius 3 is 2.62 bits per heavy atom. The molecule has 0 amide bonds. The lowest BCUT2D eigenvalue weighted by molar-refractivity contribution is 0.192. The molecule has 0 saturated carbocycles. The zero-order valence-electron chi connectivity index (χ0n) is 13.7. The Balaban J connectivity index is 1.45. The Morgan fingerprint density at radius 2 is 1.92 bits per heavy atom. The molecule has 4 rings (SSSR count). The third kappa shape index (κ3) is 3.49. The van der Waals surface area contributed by atoms with Crippen molar-refractivity contribution in [1.29, 1.82) is 0 Å². The van der Waals surface area contributed by atoms with Gasteiger partial charge < -0.3 is 15.4 Å². The van der Waals surface area contributed by atoms with Crippen LogP contribution in [0.25, 0.3) is 0 Å². The van der Waals surface area contributed by atoms with Gasteiger partial charge in [-0.15, -0.1) is 11.3 Å². The molecule has 1 aromatic heterocycles. The third-order valence-corrected chi connectivity index (χ3v) is 6.51. The zero-order valence-corrected chi connectivity index (χ0v) is 15.3. The molecule has 1 unspecified atom stereocenters. The van der Waals surface area contributed by atoms with Crippen LogP contribution < -0.4 is 15.4 Å². The van der Waals surface area contributed by atoms with E-state index in [1.807, 2.05) is 11.8 Å². The summed E-state index contributed by atoms with van der Waals surface area (Å²) in [6.07, 6.45) is 5.04. The van der Waals surface area contributed by atoms with Crippen molar-refractivity contribution in [2.75, 3.05) is 28.7 Å². The highest BCUT2D eigenvalue weighted by Crippen LogP contribution is 2.37. The van der Waals surface area contributed by atoms with Gasteiger partial charge in [-0.3, -0.25) is 0 Å². The van der Waals surface area contributed by atoms with E-state index in [-0.39, 0.29) is 0 Å². The summed E-state index contributed by atoms with van der Waals surface area (Å²) in [7, 11) is 0. The molecule has 1 atom stereocenters. The SMILES string of the molecule is Nc1nc(C2CCCN2c2ccc(OC3CCSCC3)cc2)cs1. The lowest BCUT2D eigenvalue weighted by Crippen LogP contribution is -2.23. The number of nitrogens with two attached hydrogens (primary N) is 1. The van der Waals surface area contributed by atoms with Crippen LogP contribution in [0.4, 0.5) is 10.8 Å². The first-order valence-electron chi connectivity index (χ1n) is 8.61. The van der Waals surface area contributed by atoms with Crippen molar-refractivity contribution in [2.24, 2.45) is 0 Å². The van der Waals surface area contributed by atoms with E-state index in [4.69, 9.17) is 10.5 Å². The molecule has 4 nitrogen and oxygen atoms in total. The van der Waals surface area contributed by atoms with Crippen LogP contribution in [0, 0.1) is 0 Å². The Labute approximate surface area is 151 Å². The average Bonchev–Trinajstić information content (AvgIpc) is 3.25. The number of hydrogen-bond donors (Lipinski definition) is 1. The van der Waals surface area contributed by atoms with Crippen molar-refractivity contribution >= 4 is 33.9 Å². The van der Waals surface area contributed by atoms with Crippen molar-refractivity contribution in [3.05, 3.63) is 35.3 Å². The van der Waals surface area contributed by atoms with Crippen LogP contribution in [0.3, 0.4) is 0 Å². The zero-order chi connectivity index (χ0) is 16.4. The van der Waals surface area contributed by atoms with E-state index in [1.165, 1.54) is 35.0 Å². The standard InChI is InChI=1S/C18H23N3OS2/c19-18-20-16(12-24-18)17-2-1-9-21(17)13-3-5-14(6-4-13)22-15-7-10-23-11-8-15/h3-6,12,15,17H,1-2,7-11H2,(H2,19,20). The molecule has 2 aliphatic heterocycles. The summed E-state index contributed by atoms with van der Waals surface area (Å²) < 4.78 is 6.13. The summed E-state index contributed by atoms with van der Waals surface area (Å²) >= 11 is 3.56. The van der Waals surface area contributed by atoms with Crippen LogP contribution in [0.5, 0.6) is 5.75 Å². The quantitative estimate of drug-likeness (QED) is 0.878. The van der Waals surface area contributed by atoms with Crippen LogP contribution in [-0.4, -0.2) is 29.1 Å². The van der Waals surface area contributed by atoms with Crippen molar-refractivity contribution < 1.29 is 4.74 Å². The maximum atomic E-state index is 6.13. The Morgan fingerprint density at radius 1 is 1.12 bits per heavy atom. The number of ether oxygens (including phenoxy) is 1. The van der Waals surface area contributed by atoms with E-state index in [0.717, 1.165) is 37.3 Å². The summed E-state index contributed by atoms with van der Waals surface area (Å²) in [5, 5.41) is 2.75. The van der Waals surface area contributed by atoms with Gasteiger partial charge >= 0.3 is 0 Å². The predicted molar refractivity (Wildman–Crippen MR) is 103 cm³/mol. The van der Waals surface area contributed by atoms with Gasteiger partial charge in [0.25, 0.3) is 0 Å². The first-order valence-corrected chi connectivity index (χ1v) is 10.6. The van der Waals surface area contributed by atoms with Gasteiger partial charge in [-0.25, -0.2) is 4.98 Å². The van der Waals surface area contributed by atoms with Crippen LogP contribution >= 0.6 is 23.1 Å². The number of rotatable bonds is 4. The Hall–Kier alpha value is -1.40. The molecular formula is C18H23N3OS2. The van der Waals surface area contributed by atoms with E-state index in [9.17, 15) is 0 Å². The number of anilines is 2. The van der Waals surface area contributed by atoms with E-state index < -0.39 is 0 Å². The minimum absolute atomic E-state index is 0.348. The minimum Gasteiger partial charge on any atom is -0.490 e. The first-order chi connectivity index (χ1) is 11.8. The monoisotopic (exact) mass is 361 g/mol. The number of thiazole rings is 1. The number of nitrogens with zero attached hydrogens (tertiary/aromatic N) is 2. The number of nitrogen functional groups attached to an aromatic ring is 1. The summed E-state index contributed by atoms with van der Waals surface area (Å²) in [6, 6.07) is 8.94. The molecule has 0 radical (unpaired) electrons. The fraction of sp³-hybridized carbons (Fsp3) is 0.500. The lowest BCUT2D eigenvalue weighted by Gasteiger charge is -2.26. The second-order valence-electron chi connectivity index (χ2n) is 6.39. The van der Waals surface area contributed by atoms with Gasteiger partial charge in [0, 0.05) is 17.6 Å². The van der Waals surface area contributed by atoms with Crippen molar-refractivity contribution in [3.63, 3.8) is 0 Å². The molecule has 6 heteroatoms. The molecule has 2 aliphatic rings. The van der Waals surface area contributed by atoms with Crippen LogP contribution in [0.1, 0.15) is 37.4 Å². The highest BCUT2D eigenvalue weighted by molar-refractivity contribution is 7.99. The van der Waals surface area contributed by atoms with Gasteiger partial charge in [0.1, 0.15) is 11.9 Å². The maximum Gasteiger partial charge on any atom is 0.180 e. The van der Waals surface area contributed by atoms with Gasteiger partial charge in [-0.1, -0.05) is 0 Å². The molecule has 0 aliphatic carbocycles. The third-order valence-electron chi connectivity index (χ3n) is 4.77. The molecule has 2 aromatic rings. The number of hydrogen-bond acceptors (Lipinski definition) is 6. The molecule has 24 heavy (non-hydrogen) atoms. The molecule has 0 bridgehead atoms. The van der Waals surface area contributed by atoms with Crippen LogP contribution in [0.15, 0.2) is 29.6 Å². The largest absolute Gasteiger partial charge is 0.490 e. The number of benzene rings is 1. The van der Waals surface area contributed by atoms with Gasteiger partial charge in [0.15, 0.2) is 5.13 Å². The molecule has 1 aromatic carbocycles. The van der Waals surface area contributed by atoms with E-state index in [1.54, 1.807) is 0 Å². The van der Waals surface area contributed by atoms with E-state index in [0.29, 0.717) is 17.3 Å². The molecule has 2 saturated heterocycles. The summed E-state index contributed by atoms with van der Waals surface area (Å²) in [5.41, 5.74) is 8.16. The van der Waals surface area contributed by atoms with E-state index >= 15 is 0 Å². The molecular weight excluding hydrogens is 338 g/mol. The van der Waals surface area contributed by atoms with E-state index in [2.05, 4.69) is 39.5 Å². The smallest absolute Gasteiger partial charge is 0.180 e. The highest BCUT2D eigenvalue weighted by atomic mass is 32.2. The predicted octanol–water partition coefficient (Wildman–Crippen LogP) is 4.34. The fourth-order valence-corrected chi connectivity index (χ4v) is 5.21. The summed E-state index contributed by atoms with van der Waals surface area (Å²) in [6.45, 7) is 1.07. The normalized spacial score (nSPS) is 22.0. The van der Waals surface area contributed by atoms with Crippen molar-refractivity contribution in [2.45, 2.75) is 37.8 Å². The van der Waals surface area contributed by atoms with Crippen molar-refractivity contribution in [1.82, 2.24) is 4.98 Å². The highest BCUT2D eigenvalue weighted by Gasteiger charge is 2.28. The fourth-order valence-electron chi connectivity index (χ4n) is 3.54. The van der Waals surface area contributed by atoms with Crippen molar-refractivity contribution in [3.8, 4) is 5.75 Å². The Bertz CT molecular complexity index is 667. The number of thioether (sulfide) groups is 1. The first kappa shape index (κ1) is 16.1. The maximum absolute atomic E-state index is 6.13. The lowest BCUT2D eigenvalue weighted by atomic mass is 10.1. The summed E-state index contributed by atoms with van der Waals surface area (Å²) in [4.78, 5) is 6.93. The van der Waals surface area contributed by atoms with Gasteiger partial charge in [0.05, 0.1) is 11.7 Å². The molecule has 3 heterocycles. The van der Waals surface area contributed by atoms with Crippen LogP contribution in [-0.2, 0) is 0 Å². The topological polar surface area (TPSA) is 51.4 Å². The second kappa shape index (κ2) is 7.23.